The fraction of sp³-hybridized carbons (Fsp3) is 0.412. The second-order valence-corrected chi connectivity index (χ2v) is 5.41. The van der Waals surface area contributed by atoms with Crippen molar-refractivity contribution in [1.82, 2.24) is 0 Å². The van der Waals surface area contributed by atoms with Crippen LogP contribution in [0, 0.1) is 0 Å². The number of aliphatic carboxylic acids is 1. The number of carbonyl (C=O) groups excluding carboxylic acids is 1. The van der Waals surface area contributed by atoms with Gasteiger partial charge >= 0.3 is 5.97 Å². The first-order valence-electron chi connectivity index (χ1n) is 7.48. The summed E-state index contributed by atoms with van der Waals surface area (Å²) in [6.07, 6.45) is 3.59. The number of carboxylic acids is 1. The average Bonchev–Trinajstić information content (AvgIpc) is 2.55. The van der Waals surface area contributed by atoms with Crippen molar-refractivity contribution in [3.63, 3.8) is 0 Å². The van der Waals surface area contributed by atoms with E-state index in [1.54, 1.807) is 24.1 Å². The van der Waals surface area contributed by atoms with Crippen molar-refractivity contribution < 1.29 is 24.2 Å². The number of ether oxygens (including phenoxy) is 2. The minimum atomic E-state index is -1.04. The molecule has 1 aliphatic heterocycles. The number of hydrogen-bond acceptors (Lipinski definition) is 4. The maximum atomic E-state index is 12.7. The van der Waals surface area contributed by atoms with Crippen molar-refractivity contribution in [1.29, 1.82) is 0 Å². The summed E-state index contributed by atoms with van der Waals surface area (Å²) >= 11 is 0. The maximum Gasteiger partial charge on any atom is 0.328 e. The van der Waals surface area contributed by atoms with Gasteiger partial charge in [0.1, 0.15) is 0 Å². The number of benzene rings is 1. The number of carboxylic acid groups (broad SMARTS) is 1. The SMILES string of the molecule is CCC1(CC)Oc2c(OC)cc(/C=C/C(=O)O)cc2N(C)C1=O. The number of fused-ring (bicyclic) bond motifs is 1. The number of rotatable bonds is 5. The molecular formula is C17H21NO5. The van der Waals surface area contributed by atoms with Gasteiger partial charge in [-0.3, -0.25) is 4.79 Å². The van der Waals surface area contributed by atoms with Gasteiger partial charge in [-0.1, -0.05) is 13.8 Å². The first-order valence-corrected chi connectivity index (χ1v) is 7.48. The lowest BCUT2D eigenvalue weighted by atomic mass is 9.92. The standard InChI is InChI=1S/C17H21NO5/c1-5-17(6-2)16(21)18(3)12-9-11(7-8-14(19)20)10-13(22-4)15(12)23-17/h7-10H,5-6H2,1-4H3,(H,19,20)/b8-7+. The summed E-state index contributed by atoms with van der Waals surface area (Å²) in [6, 6.07) is 3.41. The quantitative estimate of drug-likeness (QED) is 0.845. The van der Waals surface area contributed by atoms with Crippen molar-refractivity contribution in [3.8, 4) is 11.5 Å². The van der Waals surface area contributed by atoms with Gasteiger partial charge in [-0.25, -0.2) is 4.79 Å². The minimum Gasteiger partial charge on any atom is -0.493 e. The Hall–Kier alpha value is -2.50. The Bertz CT molecular complexity index is 661. The van der Waals surface area contributed by atoms with Crippen LogP contribution in [0.2, 0.25) is 0 Å². The smallest absolute Gasteiger partial charge is 0.328 e. The van der Waals surface area contributed by atoms with Gasteiger partial charge in [0.05, 0.1) is 12.8 Å². The Morgan fingerprint density at radius 3 is 2.57 bits per heavy atom. The van der Waals surface area contributed by atoms with E-state index in [1.807, 2.05) is 13.8 Å². The van der Waals surface area contributed by atoms with Crippen LogP contribution in [0.15, 0.2) is 18.2 Å². The molecule has 124 valence electrons. The number of likely N-dealkylation sites (N-methyl/N-ethyl adjacent to an activating group) is 1. The molecular weight excluding hydrogens is 298 g/mol. The van der Waals surface area contributed by atoms with E-state index >= 15 is 0 Å². The van der Waals surface area contributed by atoms with E-state index in [2.05, 4.69) is 0 Å². The number of amides is 1. The van der Waals surface area contributed by atoms with Crippen molar-refractivity contribution in [3.05, 3.63) is 23.8 Å². The lowest BCUT2D eigenvalue weighted by Gasteiger charge is -2.41. The Balaban J connectivity index is 2.59. The highest BCUT2D eigenvalue weighted by Gasteiger charge is 2.45. The zero-order valence-corrected chi connectivity index (χ0v) is 13.8. The summed E-state index contributed by atoms with van der Waals surface area (Å²) in [5.41, 5.74) is 0.289. The molecule has 0 aliphatic carbocycles. The van der Waals surface area contributed by atoms with E-state index in [9.17, 15) is 9.59 Å². The molecule has 0 unspecified atom stereocenters. The van der Waals surface area contributed by atoms with E-state index in [4.69, 9.17) is 14.6 Å². The fourth-order valence-corrected chi connectivity index (χ4v) is 2.73. The minimum absolute atomic E-state index is 0.114. The van der Waals surface area contributed by atoms with Gasteiger partial charge < -0.3 is 19.5 Å². The highest BCUT2D eigenvalue weighted by Crippen LogP contribution is 2.46. The van der Waals surface area contributed by atoms with Crippen LogP contribution in [0.3, 0.4) is 0 Å². The highest BCUT2D eigenvalue weighted by molar-refractivity contribution is 6.03. The second-order valence-electron chi connectivity index (χ2n) is 5.41. The normalized spacial score (nSPS) is 16.2. The summed E-state index contributed by atoms with van der Waals surface area (Å²) in [4.78, 5) is 24.9. The number of hydrogen-bond donors (Lipinski definition) is 1. The van der Waals surface area contributed by atoms with Crippen LogP contribution in [0.4, 0.5) is 5.69 Å². The predicted octanol–water partition coefficient (Wildman–Crippen LogP) is 2.71. The largest absolute Gasteiger partial charge is 0.493 e. The molecule has 0 aromatic heterocycles. The number of carbonyl (C=O) groups is 2. The summed E-state index contributed by atoms with van der Waals surface area (Å²) in [5, 5.41) is 8.76. The first kappa shape index (κ1) is 16.9. The predicted molar refractivity (Wildman–Crippen MR) is 87.0 cm³/mol. The van der Waals surface area contributed by atoms with Gasteiger partial charge in [0.25, 0.3) is 5.91 Å². The highest BCUT2D eigenvalue weighted by atomic mass is 16.5. The molecule has 0 bridgehead atoms. The lowest BCUT2D eigenvalue weighted by Crippen LogP contribution is -2.54. The van der Waals surface area contributed by atoms with Crippen LogP contribution in [-0.4, -0.2) is 36.7 Å². The molecule has 2 rings (SSSR count). The summed E-state index contributed by atoms with van der Waals surface area (Å²) in [7, 11) is 3.20. The Labute approximate surface area is 135 Å². The van der Waals surface area contributed by atoms with E-state index in [0.29, 0.717) is 35.6 Å². The molecule has 6 heteroatoms. The third-order valence-corrected chi connectivity index (χ3v) is 4.19. The van der Waals surface area contributed by atoms with Gasteiger partial charge in [0.15, 0.2) is 17.1 Å². The maximum absolute atomic E-state index is 12.7. The Kier molecular flexibility index (Phi) is 4.63. The molecule has 23 heavy (non-hydrogen) atoms. The van der Waals surface area contributed by atoms with E-state index in [-0.39, 0.29) is 5.91 Å². The molecule has 1 aliphatic rings. The van der Waals surface area contributed by atoms with Crippen LogP contribution in [0.1, 0.15) is 32.3 Å². The van der Waals surface area contributed by atoms with Gasteiger partial charge in [-0.05, 0) is 36.6 Å². The van der Waals surface area contributed by atoms with Gasteiger partial charge in [0, 0.05) is 13.1 Å². The summed E-state index contributed by atoms with van der Waals surface area (Å²) in [5.74, 6) is -0.182. The summed E-state index contributed by atoms with van der Waals surface area (Å²) in [6.45, 7) is 3.83. The molecule has 1 heterocycles. The zero-order chi connectivity index (χ0) is 17.2. The van der Waals surface area contributed by atoms with Crippen LogP contribution >= 0.6 is 0 Å². The molecule has 0 saturated carbocycles. The van der Waals surface area contributed by atoms with Crippen molar-refractivity contribution in [2.45, 2.75) is 32.3 Å². The molecule has 1 aromatic carbocycles. The average molecular weight is 319 g/mol. The second kappa shape index (κ2) is 6.32. The number of nitrogens with zero attached hydrogens (tertiary/aromatic N) is 1. The number of methoxy groups -OCH3 is 1. The van der Waals surface area contributed by atoms with Crippen molar-refractivity contribution in [2.24, 2.45) is 0 Å². The molecule has 1 N–H and O–H groups in total. The van der Waals surface area contributed by atoms with E-state index in [1.165, 1.54) is 13.2 Å². The van der Waals surface area contributed by atoms with Crippen molar-refractivity contribution >= 4 is 23.6 Å². The third-order valence-electron chi connectivity index (χ3n) is 4.19. The van der Waals surface area contributed by atoms with E-state index in [0.717, 1.165) is 6.08 Å². The molecule has 6 nitrogen and oxygen atoms in total. The molecule has 0 spiro atoms. The van der Waals surface area contributed by atoms with Gasteiger partial charge in [0.2, 0.25) is 0 Å². The third kappa shape index (κ3) is 2.88. The topological polar surface area (TPSA) is 76.1 Å². The van der Waals surface area contributed by atoms with Crippen LogP contribution in [-0.2, 0) is 9.59 Å². The Morgan fingerprint density at radius 2 is 2.04 bits per heavy atom. The van der Waals surface area contributed by atoms with Crippen molar-refractivity contribution in [2.75, 3.05) is 19.1 Å². The van der Waals surface area contributed by atoms with Gasteiger partial charge in [-0.15, -0.1) is 0 Å². The molecule has 1 amide bonds. The monoisotopic (exact) mass is 319 g/mol. The molecule has 0 atom stereocenters. The number of anilines is 1. The van der Waals surface area contributed by atoms with Crippen LogP contribution in [0.5, 0.6) is 11.5 Å². The molecule has 0 radical (unpaired) electrons. The fourth-order valence-electron chi connectivity index (χ4n) is 2.73. The van der Waals surface area contributed by atoms with Crippen LogP contribution in [0.25, 0.3) is 6.08 Å². The molecule has 1 aromatic rings. The Morgan fingerprint density at radius 1 is 1.39 bits per heavy atom. The molecule has 0 saturated heterocycles. The molecule has 0 fully saturated rings. The van der Waals surface area contributed by atoms with Gasteiger partial charge in [-0.2, -0.15) is 0 Å². The van der Waals surface area contributed by atoms with Crippen LogP contribution < -0.4 is 14.4 Å². The van der Waals surface area contributed by atoms with E-state index < -0.39 is 11.6 Å². The summed E-state index contributed by atoms with van der Waals surface area (Å²) < 4.78 is 11.4. The first-order chi connectivity index (χ1) is 10.9. The zero-order valence-electron chi connectivity index (χ0n) is 13.8. The lowest BCUT2D eigenvalue weighted by molar-refractivity contribution is -0.136.